The van der Waals surface area contributed by atoms with E-state index in [2.05, 4.69) is 19.2 Å². The minimum absolute atomic E-state index is 0.244. The van der Waals surface area contributed by atoms with Crippen LogP contribution in [-0.2, 0) is 23.9 Å². The second-order valence-corrected chi connectivity index (χ2v) is 11.8. The molecule has 284 valence electrons. The lowest BCUT2D eigenvalue weighted by atomic mass is 10.1. The van der Waals surface area contributed by atoms with Crippen molar-refractivity contribution in [2.24, 2.45) is 0 Å². The molecule has 0 heterocycles. The zero-order valence-electron chi connectivity index (χ0n) is 31.2. The largest absolute Gasteiger partial charge is 0.494 e. The molecule has 0 spiro atoms. The topological polar surface area (TPSA) is 121 Å². The van der Waals surface area contributed by atoms with Crippen LogP contribution >= 0.6 is 0 Å². The average molecular weight is 742 g/mol. The summed E-state index contributed by atoms with van der Waals surface area (Å²) in [5.41, 5.74) is 4.83. The number of hydrogen-bond donors (Lipinski definition) is 0. The summed E-state index contributed by atoms with van der Waals surface area (Å²) in [6, 6.07) is 32.5. The Morgan fingerprint density at radius 2 is 0.891 bits per heavy atom. The minimum atomic E-state index is -0.398. The highest BCUT2D eigenvalue weighted by atomic mass is 16.5. The van der Waals surface area contributed by atoms with Gasteiger partial charge in [-0.1, -0.05) is 92.9 Å². The molecule has 0 atom stereocenters. The van der Waals surface area contributed by atoms with Gasteiger partial charge < -0.3 is 23.7 Å². The number of carbonyl (C=O) groups is 3. The lowest BCUT2D eigenvalue weighted by Gasteiger charge is -2.06. The van der Waals surface area contributed by atoms with Crippen molar-refractivity contribution in [3.63, 3.8) is 0 Å². The first kappa shape index (κ1) is 42.8. The maximum atomic E-state index is 11.3. The van der Waals surface area contributed by atoms with Crippen LogP contribution in [0, 0.1) is 11.3 Å². The van der Waals surface area contributed by atoms with Gasteiger partial charge in [-0.15, -0.1) is 0 Å². The fourth-order valence-corrected chi connectivity index (χ4v) is 4.51. The van der Waals surface area contributed by atoms with E-state index in [1.165, 1.54) is 0 Å². The molecule has 0 aliphatic rings. The highest BCUT2D eigenvalue weighted by molar-refractivity contribution is 5.81. The Balaban J connectivity index is 0.000000297. The lowest BCUT2D eigenvalue weighted by Crippen LogP contribution is -2.05. The van der Waals surface area contributed by atoms with Gasteiger partial charge in [0, 0.05) is 18.6 Å². The Morgan fingerprint density at radius 3 is 1.24 bits per heavy atom. The molecule has 4 rings (SSSR count). The SMILES string of the molecule is C=CC(=O)OCCCCOc1ccc(C=Cc2ccc(C#N)cc2)cc1.C=CC(=O)OCCCCOc1ccc(C=Cc2ccc(OC(=O)CC)cc2)cc1. The van der Waals surface area contributed by atoms with Crippen molar-refractivity contribution in [1.82, 2.24) is 0 Å². The number of esters is 3. The fraction of sp³-hybridized carbons (Fsp3) is 0.217. The molecule has 0 bridgehead atoms. The summed E-state index contributed by atoms with van der Waals surface area (Å²) in [6.45, 7) is 10.4. The Bertz CT molecular complexity index is 1890. The molecule has 0 unspecified atom stereocenters. The first-order valence-corrected chi connectivity index (χ1v) is 18.0. The normalized spacial score (nSPS) is 10.4. The molecule has 9 nitrogen and oxygen atoms in total. The summed E-state index contributed by atoms with van der Waals surface area (Å²) in [5, 5.41) is 8.80. The predicted molar refractivity (Wildman–Crippen MR) is 216 cm³/mol. The van der Waals surface area contributed by atoms with Crippen molar-refractivity contribution < 1.29 is 38.1 Å². The molecular formula is C46H47NO8. The molecule has 4 aromatic carbocycles. The van der Waals surface area contributed by atoms with E-state index in [0.717, 1.165) is 71.6 Å². The van der Waals surface area contributed by atoms with E-state index in [4.69, 9.17) is 28.9 Å². The van der Waals surface area contributed by atoms with Gasteiger partial charge >= 0.3 is 17.9 Å². The highest BCUT2D eigenvalue weighted by Crippen LogP contribution is 2.18. The predicted octanol–water partition coefficient (Wildman–Crippen LogP) is 9.68. The summed E-state index contributed by atoms with van der Waals surface area (Å²) in [6.07, 6.45) is 13.8. The van der Waals surface area contributed by atoms with Gasteiger partial charge in [0.15, 0.2) is 0 Å². The molecule has 0 saturated carbocycles. The number of benzene rings is 4. The van der Waals surface area contributed by atoms with E-state index in [1.807, 2.05) is 97.1 Å². The molecule has 55 heavy (non-hydrogen) atoms. The van der Waals surface area contributed by atoms with E-state index >= 15 is 0 Å². The summed E-state index contributed by atoms with van der Waals surface area (Å²) in [7, 11) is 0. The Hall–Kier alpha value is -6.66. The smallest absolute Gasteiger partial charge is 0.330 e. The molecular weight excluding hydrogens is 695 g/mol. The van der Waals surface area contributed by atoms with Gasteiger partial charge in [0.2, 0.25) is 0 Å². The standard InChI is InChI=1S/C24H26O5.C22H21NO3/c1-3-23(25)28-18-6-5-17-27-21-13-9-19(10-14-21)7-8-20-11-15-22(16-12-20)29-24(26)4-2;1-2-22(24)26-16-4-3-15-25-21-13-11-19(12-14-21)6-5-18-7-9-20(17-23)10-8-18/h3,7-16H,1,4-6,17-18H2,2H3;2,5-14H,1,3-4,15-16H2. The summed E-state index contributed by atoms with van der Waals surface area (Å²) in [4.78, 5) is 33.1. The van der Waals surface area contributed by atoms with Gasteiger partial charge in [-0.3, -0.25) is 4.79 Å². The van der Waals surface area contributed by atoms with Crippen LogP contribution < -0.4 is 14.2 Å². The molecule has 0 aliphatic carbocycles. The van der Waals surface area contributed by atoms with Crippen LogP contribution in [0.5, 0.6) is 17.2 Å². The number of ether oxygens (including phenoxy) is 5. The van der Waals surface area contributed by atoms with E-state index in [-0.39, 0.29) is 5.97 Å². The number of nitriles is 1. The van der Waals surface area contributed by atoms with E-state index in [0.29, 0.717) is 44.2 Å². The van der Waals surface area contributed by atoms with Gasteiger partial charge in [0.05, 0.1) is 38.1 Å². The van der Waals surface area contributed by atoms with Crippen LogP contribution in [0.4, 0.5) is 0 Å². The maximum absolute atomic E-state index is 11.3. The van der Waals surface area contributed by atoms with E-state index < -0.39 is 11.9 Å². The summed E-state index contributed by atoms with van der Waals surface area (Å²) < 4.78 is 26.3. The maximum Gasteiger partial charge on any atom is 0.330 e. The quantitative estimate of drug-likeness (QED) is 0.0287. The fourth-order valence-electron chi connectivity index (χ4n) is 4.51. The van der Waals surface area contributed by atoms with Crippen LogP contribution in [0.25, 0.3) is 24.3 Å². The third kappa shape index (κ3) is 18.1. The van der Waals surface area contributed by atoms with Crippen LogP contribution in [0.1, 0.15) is 66.8 Å². The van der Waals surface area contributed by atoms with Crippen LogP contribution in [0.2, 0.25) is 0 Å². The van der Waals surface area contributed by atoms with Crippen LogP contribution in [0.3, 0.4) is 0 Å². The van der Waals surface area contributed by atoms with Gasteiger partial charge in [0.25, 0.3) is 0 Å². The van der Waals surface area contributed by atoms with Gasteiger partial charge in [-0.2, -0.15) is 5.26 Å². The molecule has 4 aromatic rings. The van der Waals surface area contributed by atoms with Crippen molar-refractivity contribution in [2.45, 2.75) is 39.0 Å². The van der Waals surface area contributed by atoms with Crippen LogP contribution in [0.15, 0.2) is 122 Å². The monoisotopic (exact) mass is 741 g/mol. The lowest BCUT2D eigenvalue weighted by molar-refractivity contribution is -0.138. The van der Waals surface area contributed by atoms with E-state index in [1.54, 1.807) is 31.2 Å². The van der Waals surface area contributed by atoms with Crippen molar-refractivity contribution in [3.05, 3.63) is 150 Å². The Kier molecular flexibility index (Phi) is 19.7. The molecule has 0 radical (unpaired) electrons. The molecule has 0 N–H and O–H groups in total. The van der Waals surface area contributed by atoms with Gasteiger partial charge in [-0.25, -0.2) is 9.59 Å². The molecule has 9 heteroatoms. The molecule has 0 aromatic heterocycles. The molecule has 0 saturated heterocycles. The first-order chi connectivity index (χ1) is 26.8. The molecule has 0 amide bonds. The third-order valence-corrected chi connectivity index (χ3v) is 7.57. The number of rotatable bonds is 20. The highest BCUT2D eigenvalue weighted by Gasteiger charge is 2.02. The number of nitrogens with zero attached hydrogens (tertiary/aromatic N) is 1. The molecule has 0 fully saturated rings. The van der Waals surface area contributed by atoms with Crippen molar-refractivity contribution in [2.75, 3.05) is 26.4 Å². The minimum Gasteiger partial charge on any atom is -0.494 e. The zero-order chi connectivity index (χ0) is 39.5. The average Bonchev–Trinajstić information content (AvgIpc) is 3.23. The summed E-state index contributed by atoms with van der Waals surface area (Å²) in [5.74, 6) is 1.12. The number of hydrogen-bond acceptors (Lipinski definition) is 9. The first-order valence-electron chi connectivity index (χ1n) is 18.0. The second kappa shape index (κ2) is 25.3. The van der Waals surface area contributed by atoms with Crippen molar-refractivity contribution >= 4 is 42.2 Å². The summed E-state index contributed by atoms with van der Waals surface area (Å²) >= 11 is 0. The second-order valence-electron chi connectivity index (χ2n) is 11.8. The third-order valence-electron chi connectivity index (χ3n) is 7.57. The Labute approximate surface area is 323 Å². The molecule has 0 aliphatic heterocycles. The number of unbranched alkanes of at least 4 members (excludes halogenated alkanes) is 2. The Morgan fingerprint density at radius 1 is 0.545 bits per heavy atom. The van der Waals surface area contributed by atoms with E-state index in [9.17, 15) is 14.4 Å². The van der Waals surface area contributed by atoms with Crippen LogP contribution in [-0.4, -0.2) is 44.3 Å². The van der Waals surface area contributed by atoms with Crippen molar-refractivity contribution in [1.29, 1.82) is 5.26 Å². The van der Waals surface area contributed by atoms with Gasteiger partial charge in [-0.05, 0) is 96.5 Å². The van der Waals surface area contributed by atoms with Crippen molar-refractivity contribution in [3.8, 4) is 23.3 Å². The number of carbonyl (C=O) groups excluding carboxylic acids is 3. The van der Waals surface area contributed by atoms with Gasteiger partial charge in [0.1, 0.15) is 17.2 Å². The zero-order valence-corrected chi connectivity index (χ0v) is 31.2.